The van der Waals surface area contributed by atoms with Crippen LogP contribution in [0.2, 0.25) is 0 Å². The number of benzene rings is 3. The van der Waals surface area contributed by atoms with E-state index in [1.165, 1.54) is 16.9 Å². The summed E-state index contributed by atoms with van der Waals surface area (Å²) in [5, 5.41) is 6.90. The number of aromatic nitrogens is 1. The zero-order valence-corrected chi connectivity index (χ0v) is 24.9. The number of anilines is 1. The maximum atomic E-state index is 14.5. The Morgan fingerprint density at radius 3 is 2.73 bits per heavy atom. The number of piperidine rings is 1. The van der Waals surface area contributed by atoms with E-state index in [1.54, 1.807) is 6.20 Å². The number of likely N-dealkylation sites (tertiary alicyclic amines) is 1. The van der Waals surface area contributed by atoms with Crippen molar-refractivity contribution in [2.75, 3.05) is 25.9 Å². The molecule has 0 saturated carbocycles. The molecule has 3 aromatic carbocycles. The molecule has 4 amide bonds. The Kier molecular flexibility index (Phi) is 8.45. The molecule has 2 unspecified atom stereocenters. The number of nitrogens with two attached hydrogens (primary N) is 1. The maximum Gasteiger partial charge on any atom is 0.410 e. The molecule has 1 aliphatic carbocycles. The largest absolute Gasteiger partial charge is 0.453 e. The lowest BCUT2D eigenvalue weighted by atomic mass is 9.78. The number of rotatable bonds is 6. The molecule has 9 nitrogen and oxygen atoms in total. The molecule has 0 spiro atoms. The number of pyridine rings is 1. The van der Waals surface area contributed by atoms with E-state index < -0.39 is 24.1 Å². The van der Waals surface area contributed by atoms with E-state index in [0.717, 1.165) is 63.9 Å². The number of amides is 4. The minimum absolute atomic E-state index is 0.155. The topological polar surface area (TPSA) is 118 Å². The highest BCUT2D eigenvalue weighted by molar-refractivity contribution is 6.00. The molecule has 2 aliphatic rings. The van der Waals surface area contributed by atoms with Crippen LogP contribution in [0.25, 0.3) is 21.5 Å². The molecule has 44 heavy (non-hydrogen) atoms. The quantitative estimate of drug-likeness (QED) is 0.273. The first-order chi connectivity index (χ1) is 21.4. The fraction of sp³-hybridized carbons (Fsp3) is 0.314. The summed E-state index contributed by atoms with van der Waals surface area (Å²) in [6, 6.07) is 20.4. The van der Waals surface area contributed by atoms with E-state index in [1.807, 2.05) is 60.7 Å². The van der Waals surface area contributed by atoms with Gasteiger partial charge in [0.25, 0.3) is 5.91 Å². The van der Waals surface area contributed by atoms with E-state index in [2.05, 4.69) is 22.4 Å². The lowest BCUT2D eigenvalue weighted by Crippen LogP contribution is -2.58. The number of carbonyl (C=O) groups excluding carboxylic acids is 3. The van der Waals surface area contributed by atoms with Crippen molar-refractivity contribution in [2.24, 2.45) is 5.92 Å². The second kappa shape index (κ2) is 12.8. The highest BCUT2D eigenvalue weighted by Gasteiger charge is 2.44. The van der Waals surface area contributed by atoms with Gasteiger partial charge in [0, 0.05) is 31.2 Å². The van der Waals surface area contributed by atoms with Crippen LogP contribution >= 0.6 is 0 Å². The number of methoxy groups -OCH3 is 1. The van der Waals surface area contributed by atoms with Crippen LogP contribution in [-0.4, -0.2) is 59.1 Å². The summed E-state index contributed by atoms with van der Waals surface area (Å²) in [7, 11) is 1.32. The van der Waals surface area contributed by atoms with Crippen LogP contribution in [0.1, 0.15) is 36.8 Å². The number of carbonyl (C=O) groups is 3. The van der Waals surface area contributed by atoms with Crippen molar-refractivity contribution in [3.05, 3.63) is 95.7 Å². The fourth-order valence-electron chi connectivity index (χ4n) is 6.64. The average molecular weight is 592 g/mol. The van der Waals surface area contributed by atoms with Crippen molar-refractivity contribution >= 4 is 45.4 Å². The molecule has 0 radical (unpaired) electrons. The number of nitrogens with zero attached hydrogens (tertiary/aromatic N) is 3. The lowest BCUT2D eigenvalue weighted by Gasteiger charge is -2.42. The second-order valence-electron chi connectivity index (χ2n) is 11.5. The van der Waals surface area contributed by atoms with Crippen LogP contribution < -0.4 is 11.1 Å². The molecule has 4 aromatic rings. The number of hydrogen-bond donors (Lipinski definition) is 2. The first kappa shape index (κ1) is 29.2. The molecule has 3 N–H and O–H groups in total. The van der Waals surface area contributed by atoms with Crippen molar-refractivity contribution in [3.63, 3.8) is 0 Å². The Labute approximate surface area is 256 Å². The van der Waals surface area contributed by atoms with E-state index in [4.69, 9.17) is 10.5 Å². The van der Waals surface area contributed by atoms with Gasteiger partial charge >= 0.3 is 12.1 Å². The van der Waals surface area contributed by atoms with E-state index in [-0.39, 0.29) is 19.0 Å². The molecule has 6 rings (SSSR count). The summed E-state index contributed by atoms with van der Waals surface area (Å²) < 4.78 is 5.09. The predicted octanol–water partition coefficient (Wildman–Crippen LogP) is 5.82. The van der Waals surface area contributed by atoms with Crippen LogP contribution in [0, 0.1) is 5.92 Å². The van der Waals surface area contributed by atoms with Crippen molar-refractivity contribution in [1.82, 2.24) is 20.1 Å². The Morgan fingerprint density at radius 1 is 1.02 bits per heavy atom. The second-order valence-corrected chi connectivity index (χ2v) is 11.5. The Morgan fingerprint density at radius 2 is 1.86 bits per heavy atom. The van der Waals surface area contributed by atoms with E-state index >= 15 is 0 Å². The highest BCUT2D eigenvalue weighted by Crippen LogP contribution is 2.37. The van der Waals surface area contributed by atoms with Crippen LogP contribution in [0.15, 0.2) is 84.6 Å². The minimum atomic E-state index is -0.879. The van der Waals surface area contributed by atoms with Gasteiger partial charge in [-0.25, -0.2) is 14.6 Å². The summed E-state index contributed by atoms with van der Waals surface area (Å²) in [6.45, 7) is 0.771. The SMILES string of the molecule is COC(=O)N1CCC2CCCC=C2C1C(=O)N(CCc1cccc2ccccc12)C(=O)NCc1ccc2c(N)nccc2c1. The number of nitrogen functional groups attached to an aromatic ring is 1. The number of fused-ring (bicyclic) bond motifs is 3. The first-order valence-electron chi connectivity index (χ1n) is 15.2. The van der Waals surface area contributed by atoms with Crippen LogP contribution in [0.5, 0.6) is 0 Å². The van der Waals surface area contributed by atoms with Gasteiger partial charge in [0.15, 0.2) is 0 Å². The minimum Gasteiger partial charge on any atom is -0.453 e. The third kappa shape index (κ3) is 5.82. The normalized spacial score (nSPS) is 17.9. The molecule has 1 fully saturated rings. The summed E-state index contributed by atoms with van der Waals surface area (Å²) in [5.41, 5.74) is 8.83. The molecule has 1 aliphatic heterocycles. The standard InChI is InChI=1S/C35H37N5O4/c1-44-35(43)39-19-16-26-8-3-5-12-29(26)31(39)33(41)40(20-17-25-10-6-9-24-7-2-4-11-28(24)25)34(42)38-22-23-13-14-30-27(21-23)15-18-37-32(30)36/h2,4,6-7,9-15,18,21,26,31H,3,5,8,16-17,19-20,22H2,1H3,(H2,36,37)(H,38,42). The van der Waals surface area contributed by atoms with Crippen LogP contribution in [0.4, 0.5) is 15.4 Å². The first-order valence-corrected chi connectivity index (χ1v) is 15.2. The summed E-state index contributed by atoms with van der Waals surface area (Å²) in [6.07, 6.45) is 7.27. The van der Waals surface area contributed by atoms with E-state index in [0.29, 0.717) is 18.8 Å². The van der Waals surface area contributed by atoms with Gasteiger partial charge in [0.2, 0.25) is 0 Å². The number of imide groups is 1. The summed E-state index contributed by atoms with van der Waals surface area (Å²) >= 11 is 0. The fourth-order valence-corrected chi connectivity index (χ4v) is 6.64. The molecular formula is C35H37N5O4. The Balaban J connectivity index is 1.30. The van der Waals surface area contributed by atoms with Crippen LogP contribution in [0.3, 0.4) is 0 Å². The van der Waals surface area contributed by atoms with Crippen LogP contribution in [-0.2, 0) is 22.5 Å². The van der Waals surface area contributed by atoms with Crippen molar-refractivity contribution in [1.29, 1.82) is 0 Å². The zero-order chi connectivity index (χ0) is 30.6. The summed E-state index contributed by atoms with van der Waals surface area (Å²) in [4.78, 5) is 48.2. The van der Waals surface area contributed by atoms with Crippen molar-refractivity contribution in [3.8, 4) is 0 Å². The van der Waals surface area contributed by atoms with Gasteiger partial charge in [-0.3, -0.25) is 14.6 Å². The smallest absolute Gasteiger partial charge is 0.410 e. The number of allylic oxidation sites excluding steroid dienone is 1. The van der Waals surface area contributed by atoms with Gasteiger partial charge in [-0.05, 0) is 83.0 Å². The van der Waals surface area contributed by atoms with Crippen molar-refractivity contribution < 1.29 is 19.1 Å². The Bertz CT molecular complexity index is 1750. The number of hydrogen-bond acceptors (Lipinski definition) is 6. The molecule has 9 heteroatoms. The zero-order valence-electron chi connectivity index (χ0n) is 24.9. The van der Waals surface area contributed by atoms with E-state index in [9.17, 15) is 14.4 Å². The number of ether oxygens (including phenoxy) is 1. The molecule has 226 valence electrons. The molecule has 2 heterocycles. The van der Waals surface area contributed by atoms with Gasteiger partial charge in [0.1, 0.15) is 11.9 Å². The number of urea groups is 1. The van der Waals surface area contributed by atoms with Gasteiger partial charge in [-0.2, -0.15) is 0 Å². The third-order valence-electron chi connectivity index (χ3n) is 8.90. The molecular weight excluding hydrogens is 554 g/mol. The Hall–Kier alpha value is -4.92. The molecule has 1 aromatic heterocycles. The van der Waals surface area contributed by atoms with Gasteiger partial charge < -0.3 is 15.8 Å². The number of nitrogens with one attached hydrogen (secondary N) is 1. The average Bonchev–Trinajstić information content (AvgIpc) is 3.06. The molecule has 2 atom stereocenters. The third-order valence-corrected chi connectivity index (χ3v) is 8.90. The van der Waals surface area contributed by atoms with Gasteiger partial charge in [0.05, 0.1) is 7.11 Å². The lowest BCUT2D eigenvalue weighted by molar-refractivity contribution is -0.133. The molecule has 0 bridgehead atoms. The van der Waals surface area contributed by atoms with Gasteiger partial charge in [-0.15, -0.1) is 0 Å². The summed E-state index contributed by atoms with van der Waals surface area (Å²) in [5.74, 6) is 0.241. The maximum absolute atomic E-state index is 14.5. The van der Waals surface area contributed by atoms with Crippen molar-refractivity contribution in [2.45, 2.75) is 44.7 Å². The predicted molar refractivity (Wildman–Crippen MR) is 171 cm³/mol. The monoisotopic (exact) mass is 591 g/mol. The van der Waals surface area contributed by atoms with Gasteiger partial charge in [-0.1, -0.05) is 60.7 Å². The molecule has 1 saturated heterocycles. The highest BCUT2D eigenvalue weighted by atomic mass is 16.5.